The number of rotatable bonds is 0. The summed E-state index contributed by atoms with van der Waals surface area (Å²) in [4.78, 5) is 8.20. The molecule has 0 spiro atoms. The van der Waals surface area contributed by atoms with Crippen molar-refractivity contribution >= 4 is 27.4 Å². The van der Waals surface area contributed by atoms with Gasteiger partial charge in [0.25, 0.3) is 0 Å². The van der Waals surface area contributed by atoms with Gasteiger partial charge < -0.3 is 5.73 Å². The third-order valence-corrected chi connectivity index (χ3v) is 2.34. The second kappa shape index (κ2) is 2.17. The topological polar surface area (TPSA) is 51.8 Å². The molecule has 2 N–H and O–H groups in total. The lowest BCUT2D eigenvalue weighted by atomic mass is 10.4. The number of thiazole rings is 1. The summed E-state index contributed by atoms with van der Waals surface area (Å²) in [5.41, 5.74) is 6.43. The minimum Gasteiger partial charge on any atom is -0.384 e. The summed E-state index contributed by atoms with van der Waals surface area (Å²) in [6.45, 7) is 1.97. The Balaban J connectivity index is 2.82. The Bertz CT molecular complexity index is 393. The van der Waals surface area contributed by atoms with Crippen LogP contribution in [0.2, 0.25) is 0 Å². The molecule has 0 fully saturated rings. The van der Waals surface area contributed by atoms with Gasteiger partial charge in [-0.2, -0.15) is 0 Å². The van der Waals surface area contributed by atoms with E-state index in [0.717, 1.165) is 15.2 Å². The summed E-state index contributed by atoms with van der Waals surface area (Å²) in [7, 11) is 0. The smallest absolute Gasteiger partial charge is 0.124 e. The Morgan fingerprint density at radius 2 is 2.36 bits per heavy atom. The normalized spacial score (nSPS) is 10.6. The van der Waals surface area contributed by atoms with Crippen molar-refractivity contribution in [1.82, 2.24) is 9.97 Å². The molecule has 0 aromatic carbocycles. The summed E-state index contributed by atoms with van der Waals surface area (Å²) in [5, 5.41) is 1.05. The number of nitrogen functional groups attached to an aromatic ring is 1. The zero-order valence-electron chi connectivity index (χ0n) is 6.03. The first-order valence-electron chi connectivity index (χ1n) is 3.24. The fourth-order valence-electron chi connectivity index (χ4n) is 0.962. The molecule has 0 aliphatic rings. The van der Waals surface area contributed by atoms with Crippen LogP contribution in [-0.2, 0) is 0 Å². The van der Waals surface area contributed by atoms with Gasteiger partial charge in [-0.25, -0.2) is 9.97 Å². The first-order valence-corrected chi connectivity index (χ1v) is 4.06. The molecule has 2 rings (SSSR count). The van der Waals surface area contributed by atoms with Gasteiger partial charge in [-0.1, -0.05) is 0 Å². The van der Waals surface area contributed by atoms with E-state index in [0.29, 0.717) is 5.82 Å². The summed E-state index contributed by atoms with van der Waals surface area (Å²) in [6, 6.07) is 1.85. The van der Waals surface area contributed by atoms with E-state index >= 15 is 0 Å². The van der Waals surface area contributed by atoms with Crippen LogP contribution in [0.3, 0.4) is 0 Å². The average molecular weight is 165 g/mol. The van der Waals surface area contributed by atoms with Crippen molar-refractivity contribution in [2.45, 2.75) is 6.92 Å². The average Bonchev–Trinajstić information content (AvgIpc) is 2.27. The maximum absolute atomic E-state index is 5.50. The molecule has 0 amide bonds. The van der Waals surface area contributed by atoms with Crippen molar-refractivity contribution < 1.29 is 0 Å². The van der Waals surface area contributed by atoms with Crippen LogP contribution in [0, 0.1) is 6.92 Å². The monoisotopic (exact) mass is 165 g/mol. The number of aromatic nitrogens is 2. The highest BCUT2D eigenvalue weighted by Gasteiger charge is 1.99. The third kappa shape index (κ3) is 1.05. The molecule has 0 atom stereocenters. The highest BCUT2D eigenvalue weighted by atomic mass is 32.1. The second-order valence-electron chi connectivity index (χ2n) is 2.31. The first-order chi connectivity index (χ1) is 5.25. The van der Waals surface area contributed by atoms with Crippen LogP contribution in [0.15, 0.2) is 12.3 Å². The van der Waals surface area contributed by atoms with Gasteiger partial charge >= 0.3 is 0 Å². The van der Waals surface area contributed by atoms with Gasteiger partial charge in [0.1, 0.15) is 5.82 Å². The van der Waals surface area contributed by atoms with Crippen LogP contribution in [0.1, 0.15) is 5.01 Å². The van der Waals surface area contributed by atoms with Crippen LogP contribution in [0.25, 0.3) is 10.2 Å². The van der Waals surface area contributed by atoms with E-state index in [1.807, 2.05) is 13.0 Å². The van der Waals surface area contributed by atoms with Crippen LogP contribution in [-0.4, -0.2) is 9.97 Å². The molecule has 0 bridgehead atoms. The van der Waals surface area contributed by atoms with Gasteiger partial charge in [-0.15, -0.1) is 11.3 Å². The van der Waals surface area contributed by atoms with Crippen molar-refractivity contribution in [3.8, 4) is 0 Å². The number of anilines is 1. The lowest BCUT2D eigenvalue weighted by Crippen LogP contribution is -1.86. The standard InChI is InChI=1S/C7H7N3S/c1-4-10-5-3-9-7(8)2-6(5)11-4/h2-3H,1H3,(H2,8,9). The number of aryl methyl sites for hydroxylation is 1. The van der Waals surface area contributed by atoms with Gasteiger partial charge in [0.2, 0.25) is 0 Å². The molecule has 0 radical (unpaired) electrons. The highest BCUT2D eigenvalue weighted by Crippen LogP contribution is 2.21. The van der Waals surface area contributed by atoms with Crippen molar-refractivity contribution in [3.63, 3.8) is 0 Å². The minimum atomic E-state index is 0.557. The fraction of sp³-hybridized carbons (Fsp3) is 0.143. The van der Waals surface area contributed by atoms with Crippen molar-refractivity contribution in [2.24, 2.45) is 0 Å². The molecule has 2 heterocycles. The minimum absolute atomic E-state index is 0.557. The van der Waals surface area contributed by atoms with Gasteiger partial charge in [0.05, 0.1) is 21.4 Å². The van der Waals surface area contributed by atoms with E-state index in [9.17, 15) is 0 Å². The van der Waals surface area contributed by atoms with Crippen molar-refractivity contribution in [1.29, 1.82) is 0 Å². The molecule has 4 heteroatoms. The Labute approximate surface area is 67.9 Å². The molecule has 0 saturated heterocycles. The number of hydrogen-bond acceptors (Lipinski definition) is 4. The summed E-state index contributed by atoms with van der Waals surface area (Å²) in [6.07, 6.45) is 1.70. The van der Waals surface area contributed by atoms with Crippen molar-refractivity contribution in [3.05, 3.63) is 17.3 Å². The van der Waals surface area contributed by atoms with Crippen LogP contribution < -0.4 is 5.73 Å². The third-order valence-electron chi connectivity index (χ3n) is 1.40. The van der Waals surface area contributed by atoms with Gasteiger partial charge in [0.15, 0.2) is 0 Å². The largest absolute Gasteiger partial charge is 0.384 e. The van der Waals surface area contributed by atoms with Crippen LogP contribution in [0.4, 0.5) is 5.82 Å². The summed E-state index contributed by atoms with van der Waals surface area (Å²) >= 11 is 1.64. The lowest BCUT2D eigenvalue weighted by molar-refractivity contribution is 1.30. The molecule has 11 heavy (non-hydrogen) atoms. The molecule has 0 aliphatic heterocycles. The van der Waals surface area contributed by atoms with E-state index in [4.69, 9.17) is 5.73 Å². The molecule has 0 saturated carbocycles. The Morgan fingerprint density at radius 1 is 1.55 bits per heavy atom. The quantitative estimate of drug-likeness (QED) is 0.644. The molecule has 0 aliphatic carbocycles. The van der Waals surface area contributed by atoms with E-state index < -0.39 is 0 Å². The van der Waals surface area contributed by atoms with Gasteiger partial charge in [-0.3, -0.25) is 0 Å². The van der Waals surface area contributed by atoms with Crippen LogP contribution >= 0.6 is 11.3 Å². The molecule has 3 nitrogen and oxygen atoms in total. The van der Waals surface area contributed by atoms with E-state index in [1.54, 1.807) is 17.5 Å². The highest BCUT2D eigenvalue weighted by molar-refractivity contribution is 7.18. The molecule has 2 aromatic rings. The Hall–Kier alpha value is -1.16. The maximum atomic E-state index is 5.50. The fourth-order valence-corrected chi connectivity index (χ4v) is 1.81. The zero-order chi connectivity index (χ0) is 7.84. The molecular formula is C7H7N3S. The van der Waals surface area contributed by atoms with Crippen LogP contribution in [0.5, 0.6) is 0 Å². The number of hydrogen-bond donors (Lipinski definition) is 1. The summed E-state index contributed by atoms with van der Waals surface area (Å²) in [5.74, 6) is 0.557. The Kier molecular flexibility index (Phi) is 1.29. The first kappa shape index (κ1) is 6.54. The van der Waals surface area contributed by atoms with Crippen molar-refractivity contribution in [2.75, 3.05) is 5.73 Å². The molecule has 56 valence electrons. The van der Waals surface area contributed by atoms with E-state index in [1.165, 1.54) is 0 Å². The predicted octanol–water partition coefficient (Wildman–Crippen LogP) is 1.58. The SMILES string of the molecule is Cc1nc2cnc(N)cc2s1. The number of fused-ring (bicyclic) bond motifs is 1. The second-order valence-corrected chi connectivity index (χ2v) is 3.54. The number of nitrogens with zero attached hydrogens (tertiary/aromatic N) is 2. The molecular weight excluding hydrogens is 158 g/mol. The lowest BCUT2D eigenvalue weighted by Gasteiger charge is -1.88. The number of pyridine rings is 1. The molecule has 2 aromatic heterocycles. The summed E-state index contributed by atoms with van der Waals surface area (Å²) < 4.78 is 1.11. The Morgan fingerprint density at radius 3 is 3.18 bits per heavy atom. The van der Waals surface area contributed by atoms with E-state index in [-0.39, 0.29) is 0 Å². The number of nitrogens with two attached hydrogens (primary N) is 1. The maximum Gasteiger partial charge on any atom is 0.124 e. The van der Waals surface area contributed by atoms with E-state index in [2.05, 4.69) is 9.97 Å². The molecule has 0 unspecified atom stereocenters. The van der Waals surface area contributed by atoms with Gasteiger partial charge in [0, 0.05) is 0 Å². The zero-order valence-corrected chi connectivity index (χ0v) is 6.85. The van der Waals surface area contributed by atoms with Gasteiger partial charge in [-0.05, 0) is 13.0 Å². The predicted molar refractivity (Wildman–Crippen MR) is 46.6 cm³/mol.